The number of ether oxygens (including phenoxy) is 8. The van der Waals surface area contributed by atoms with E-state index >= 15 is 0 Å². The molecule has 11 heteroatoms. The monoisotopic (exact) mass is 474 g/mol. The predicted octanol–water partition coefficient (Wildman–Crippen LogP) is -0.507. The Kier molecular flexibility index (Phi) is 37.1. The molecule has 196 valence electrons. The molecule has 0 heterocycles. The number of aliphatic hydroxyl groups excluding tert-OH is 3. The molecule has 0 bridgehead atoms. The van der Waals surface area contributed by atoms with Gasteiger partial charge in [0.1, 0.15) is 0 Å². The van der Waals surface area contributed by atoms with Gasteiger partial charge in [0, 0.05) is 6.61 Å². The first-order valence-electron chi connectivity index (χ1n) is 11.3. The Morgan fingerprint density at radius 3 is 0.688 bits per heavy atom. The molecule has 11 nitrogen and oxygen atoms in total. The number of rotatable bonds is 26. The van der Waals surface area contributed by atoms with Crippen LogP contribution in [0, 0.1) is 0 Å². The van der Waals surface area contributed by atoms with Crippen LogP contribution in [-0.4, -0.2) is 141 Å². The van der Waals surface area contributed by atoms with Gasteiger partial charge >= 0.3 is 0 Å². The van der Waals surface area contributed by atoms with E-state index in [9.17, 15) is 0 Å². The summed E-state index contributed by atoms with van der Waals surface area (Å²) in [6, 6.07) is 0. The Bertz CT molecular complexity index is 243. The molecule has 0 aliphatic carbocycles. The van der Waals surface area contributed by atoms with Crippen molar-refractivity contribution in [1.29, 1.82) is 0 Å². The quantitative estimate of drug-likeness (QED) is 0.140. The third-order valence-corrected chi connectivity index (χ3v) is 3.29. The molecule has 0 saturated heterocycles. The summed E-state index contributed by atoms with van der Waals surface area (Å²) in [6.07, 6.45) is 1.04. The minimum atomic E-state index is 0.0386. The molecule has 0 amide bonds. The lowest BCUT2D eigenvalue weighted by Gasteiger charge is -2.06. The van der Waals surface area contributed by atoms with E-state index in [1.165, 1.54) is 0 Å². The fourth-order valence-electron chi connectivity index (χ4n) is 1.86. The van der Waals surface area contributed by atoms with E-state index in [0.29, 0.717) is 99.1 Å². The van der Waals surface area contributed by atoms with Crippen LogP contribution in [0.2, 0.25) is 0 Å². The van der Waals surface area contributed by atoms with Gasteiger partial charge in [0.05, 0.1) is 119 Å². The molecule has 0 rings (SSSR count). The summed E-state index contributed by atoms with van der Waals surface area (Å²) >= 11 is 0. The molecule has 0 aromatic rings. The fraction of sp³-hybridized carbons (Fsp3) is 1.00. The second kappa shape index (κ2) is 35.2. The molecule has 0 unspecified atom stereocenters. The van der Waals surface area contributed by atoms with Crippen LogP contribution in [0.5, 0.6) is 0 Å². The minimum Gasteiger partial charge on any atom is -0.394 e. The van der Waals surface area contributed by atoms with Crippen LogP contribution >= 0.6 is 0 Å². The summed E-state index contributed by atoms with van der Waals surface area (Å²) in [4.78, 5) is 0. The van der Waals surface area contributed by atoms with Crippen molar-refractivity contribution in [3.8, 4) is 0 Å². The molecular formula is C21H46O11. The average Bonchev–Trinajstić information content (AvgIpc) is 2.81. The zero-order chi connectivity index (χ0) is 23.8. The number of hydrogen-bond donors (Lipinski definition) is 3. The summed E-state index contributed by atoms with van der Waals surface area (Å²) in [5.74, 6) is 0. The van der Waals surface area contributed by atoms with Crippen molar-refractivity contribution in [2.75, 3.05) is 126 Å². The summed E-state index contributed by atoms with van der Waals surface area (Å²) in [6.45, 7) is 10.5. The largest absolute Gasteiger partial charge is 0.394 e. The van der Waals surface area contributed by atoms with E-state index < -0.39 is 0 Å². The van der Waals surface area contributed by atoms with Crippen LogP contribution in [0.3, 0.4) is 0 Å². The second-order valence-electron chi connectivity index (χ2n) is 6.07. The molecule has 0 aliphatic rings. The lowest BCUT2D eigenvalue weighted by molar-refractivity contribution is -0.00856. The van der Waals surface area contributed by atoms with Gasteiger partial charge in [-0.05, 0) is 6.42 Å². The van der Waals surface area contributed by atoms with Crippen molar-refractivity contribution >= 4 is 0 Å². The van der Waals surface area contributed by atoms with Gasteiger partial charge in [-0.3, -0.25) is 0 Å². The van der Waals surface area contributed by atoms with Crippen molar-refractivity contribution in [1.82, 2.24) is 0 Å². The first-order valence-corrected chi connectivity index (χ1v) is 11.3. The van der Waals surface area contributed by atoms with Crippen LogP contribution in [-0.2, 0) is 37.9 Å². The smallest absolute Gasteiger partial charge is 0.0701 e. The van der Waals surface area contributed by atoms with Gasteiger partial charge in [0.25, 0.3) is 0 Å². The lowest BCUT2D eigenvalue weighted by atomic mass is 10.5. The second-order valence-corrected chi connectivity index (χ2v) is 6.07. The highest BCUT2D eigenvalue weighted by molar-refractivity contribution is 4.36. The van der Waals surface area contributed by atoms with Gasteiger partial charge in [0.2, 0.25) is 0 Å². The van der Waals surface area contributed by atoms with Crippen molar-refractivity contribution in [3.63, 3.8) is 0 Å². The van der Waals surface area contributed by atoms with Crippen molar-refractivity contribution < 1.29 is 53.2 Å². The summed E-state index contributed by atoms with van der Waals surface area (Å²) in [7, 11) is 0. The van der Waals surface area contributed by atoms with Gasteiger partial charge in [-0.15, -0.1) is 0 Å². The first-order chi connectivity index (χ1) is 15.8. The molecule has 0 fully saturated rings. The Balaban J connectivity index is 0. The Morgan fingerprint density at radius 1 is 0.312 bits per heavy atom. The number of aliphatic hydroxyl groups is 3. The van der Waals surface area contributed by atoms with E-state index in [2.05, 4.69) is 6.92 Å². The maximum atomic E-state index is 8.43. The maximum absolute atomic E-state index is 8.43. The molecule has 0 aliphatic heterocycles. The third kappa shape index (κ3) is 36.9. The van der Waals surface area contributed by atoms with Gasteiger partial charge < -0.3 is 53.2 Å². The van der Waals surface area contributed by atoms with Crippen LogP contribution in [0.4, 0.5) is 0 Å². The Hall–Kier alpha value is -0.440. The number of hydrogen-bond acceptors (Lipinski definition) is 11. The fourth-order valence-corrected chi connectivity index (χ4v) is 1.86. The van der Waals surface area contributed by atoms with Gasteiger partial charge in [0.15, 0.2) is 0 Å². The van der Waals surface area contributed by atoms with E-state index in [0.717, 1.165) is 13.0 Å². The van der Waals surface area contributed by atoms with E-state index in [1.54, 1.807) is 0 Å². The SMILES string of the molecule is CCCOCCOCCOCCOCCO.OCCOCCOCCOCCOCCO. The third-order valence-electron chi connectivity index (χ3n) is 3.29. The molecular weight excluding hydrogens is 428 g/mol. The first kappa shape index (κ1) is 33.7. The average molecular weight is 475 g/mol. The van der Waals surface area contributed by atoms with Gasteiger partial charge in [-0.25, -0.2) is 0 Å². The summed E-state index contributed by atoms with van der Waals surface area (Å²) in [5, 5.41) is 25.3. The summed E-state index contributed by atoms with van der Waals surface area (Å²) < 4.78 is 41.2. The maximum Gasteiger partial charge on any atom is 0.0701 e. The highest BCUT2D eigenvalue weighted by Crippen LogP contribution is 1.84. The molecule has 0 radical (unpaired) electrons. The predicted molar refractivity (Wildman–Crippen MR) is 118 cm³/mol. The molecule has 0 atom stereocenters. The molecule has 0 aromatic heterocycles. The molecule has 3 N–H and O–H groups in total. The van der Waals surface area contributed by atoms with Gasteiger partial charge in [-0.2, -0.15) is 0 Å². The van der Waals surface area contributed by atoms with Gasteiger partial charge in [-0.1, -0.05) is 6.92 Å². The minimum absolute atomic E-state index is 0.0386. The standard InChI is InChI=1S/C11H24O5.C10H22O6/c1-2-4-13-6-8-15-10-11-16-9-7-14-5-3-12;11-1-3-13-5-7-15-9-10-16-8-6-14-4-2-12/h12H,2-11H2,1H3;11-12H,1-10H2. The van der Waals surface area contributed by atoms with Crippen molar-refractivity contribution in [2.45, 2.75) is 13.3 Å². The van der Waals surface area contributed by atoms with E-state index in [-0.39, 0.29) is 19.8 Å². The normalized spacial score (nSPS) is 10.9. The molecule has 0 aromatic carbocycles. The van der Waals surface area contributed by atoms with Crippen molar-refractivity contribution in [3.05, 3.63) is 0 Å². The molecule has 0 saturated carbocycles. The zero-order valence-corrected chi connectivity index (χ0v) is 19.7. The Labute approximate surface area is 192 Å². The van der Waals surface area contributed by atoms with Crippen LogP contribution in [0.1, 0.15) is 13.3 Å². The van der Waals surface area contributed by atoms with E-state index in [1.807, 2.05) is 0 Å². The van der Waals surface area contributed by atoms with Crippen LogP contribution in [0.15, 0.2) is 0 Å². The zero-order valence-electron chi connectivity index (χ0n) is 19.7. The topological polar surface area (TPSA) is 135 Å². The molecule has 0 spiro atoms. The van der Waals surface area contributed by atoms with Crippen molar-refractivity contribution in [2.24, 2.45) is 0 Å². The van der Waals surface area contributed by atoms with Crippen LogP contribution < -0.4 is 0 Å². The van der Waals surface area contributed by atoms with E-state index in [4.69, 9.17) is 53.2 Å². The Morgan fingerprint density at radius 2 is 0.500 bits per heavy atom. The van der Waals surface area contributed by atoms with Crippen LogP contribution in [0.25, 0.3) is 0 Å². The highest BCUT2D eigenvalue weighted by atomic mass is 16.6. The lowest BCUT2D eigenvalue weighted by Crippen LogP contribution is -2.13. The highest BCUT2D eigenvalue weighted by Gasteiger charge is 1.93. The molecule has 32 heavy (non-hydrogen) atoms. The summed E-state index contributed by atoms with van der Waals surface area (Å²) in [5.41, 5.74) is 0.